The van der Waals surface area contributed by atoms with Crippen LogP contribution in [0.1, 0.15) is 25.7 Å². The maximum Gasteiger partial charge on any atom is 0.238 e. The van der Waals surface area contributed by atoms with E-state index in [9.17, 15) is 9.59 Å². The van der Waals surface area contributed by atoms with Gasteiger partial charge in [0.2, 0.25) is 11.8 Å². The molecule has 0 aliphatic carbocycles. The number of carbonyl (C=O) groups excluding carboxylic acids is 2. The number of hydrogen-bond acceptors (Lipinski definition) is 5. The number of nitrogens with one attached hydrogen (secondary N) is 1. The average Bonchev–Trinajstić information content (AvgIpc) is 2.63. The first kappa shape index (κ1) is 19.5. The predicted octanol–water partition coefficient (Wildman–Crippen LogP) is 2.50. The normalized spacial score (nSPS) is 20.6. The Morgan fingerprint density at radius 1 is 1.38 bits per heavy atom. The van der Waals surface area contributed by atoms with Crippen LogP contribution in [0.3, 0.4) is 0 Å². The summed E-state index contributed by atoms with van der Waals surface area (Å²) in [7, 11) is 0. The fraction of sp³-hybridized carbons (Fsp3) is 0.556. The lowest BCUT2D eigenvalue weighted by atomic mass is 10.1. The Balaban J connectivity index is 1.49. The van der Waals surface area contributed by atoms with Crippen molar-refractivity contribution < 1.29 is 14.3 Å². The van der Waals surface area contributed by atoms with Crippen LogP contribution in [-0.4, -0.2) is 54.3 Å². The van der Waals surface area contributed by atoms with Gasteiger partial charge in [-0.25, -0.2) is 0 Å². The van der Waals surface area contributed by atoms with Gasteiger partial charge in [-0.15, -0.1) is 11.8 Å². The Kier molecular flexibility index (Phi) is 6.80. The number of anilines is 1. The number of amides is 2. The number of thioether (sulfide) groups is 1. The largest absolute Gasteiger partial charge is 0.378 e. The summed E-state index contributed by atoms with van der Waals surface area (Å²) >= 11 is 7.39. The molecule has 2 aliphatic heterocycles. The summed E-state index contributed by atoms with van der Waals surface area (Å²) in [6.07, 6.45) is 2.94. The third-order valence-corrected chi connectivity index (χ3v) is 6.13. The predicted molar refractivity (Wildman–Crippen MR) is 104 cm³/mol. The van der Waals surface area contributed by atoms with Crippen molar-refractivity contribution in [1.82, 2.24) is 4.90 Å². The fourth-order valence-electron chi connectivity index (χ4n) is 3.15. The van der Waals surface area contributed by atoms with Crippen molar-refractivity contribution >= 4 is 40.9 Å². The van der Waals surface area contributed by atoms with Crippen molar-refractivity contribution in [2.75, 3.05) is 31.6 Å². The van der Waals surface area contributed by atoms with Gasteiger partial charge in [-0.1, -0.05) is 11.6 Å². The minimum atomic E-state index is -0.408. The van der Waals surface area contributed by atoms with E-state index in [0.717, 1.165) is 24.2 Å². The molecular formula is C18H24ClN3O3S. The van der Waals surface area contributed by atoms with E-state index in [4.69, 9.17) is 22.1 Å². The Hall–Kier alpha value is -1.28. The Morgan fingerprint density at radius 3 is 2.88 bits per heavy atom. The number of rotatable bonds is 6. The van der Waals surface area contributed by atoms with Gasteiger partial charge < -0.3 is 20.7 Å². The molecule has 2 heterocycles. The van der Waals surface area contributed by atoms with Gasteiger partial charge in [-0.2, -0.15) is 0 Å². The smallest absolute Gasteiger partial charge is 0.238 e. The molecule has 1 aromatic carbocycles. The third-order valence-electron chi connectivity index (χ3n) is 4.62. The van der Waals surface area contributed by atoms with Gasteiger partial charge in [0.05, 0.1) is 17.0 Å². The molecule has 3 rings (SSSR count). The summed E-state index contributed by atoms with van der Waals surface area (Å²) in [6, 6.07) is 5.40. The van der Waals surface area contributed by atoms with Crippen LogP contribution >= 0.6 is 23.4 Å². The lowest BCUT2D eigenvalue weighted by molar-refractivity contribution is -0.135. The van der Waals surface area contributed by atoms with Crippen molar-refractivity contribution in [3.05, 3.63) is 23.2 Å². The number of benzene rings is 1. The van der Waals surface area contributed by atoms with E-state index in [-0.39, 0.29) is 24.3 Å². The third kappa shape index (κ3) is 4.91. The number of nitrogens with zero attached hydrogens (tertiary/aromatic N) is 1. The van der Waals surface area contributed by atoms with Crippen molar-refractivity contribution in [3.8, 4) is 0 Å². The molecule has 2 amide bonds. The zero-order chi connectivity index (χ0) is 18.5. The van der Waals surface area contributed by atoms with Crippen molar-refractivity contribution in [2.24, 2.45) is 5.73 Å². The Bertz CT molecular complexity index is 665. The highest BCUT2D eigenvalue weighted by Crippen LogP contribution is 2.38. The van der Waals surface area contributed by atoms with Gasteiger partial charge in [-0.3, -0.25) is 9.59 Å². The lowest BCUT2D eigenvalue weighted by Crippen LogP contribution is -2.43. The van der Waals surface area contributed by atoms with Crippen molar-refractivity contribution in [1.29, 1.82) is 0 Å². The monoisotopic (exact) mass is 397 g/mol. The zero-order valence-corrected chi connectivity index (χ0v) is 16.2. The minimum absolute atomic E-state index is 0.0236. The molecule has 0 bridgehead atoms. The highest BCUT2D eigenvalue weighted by molar-refractivity contribution is 8.01. The van der Waals surface area contributed by atoms with Crippen LogP contribution in [-0.2, 0) is 14.3 Å². The van der Waals surface area contributed by atoms with E-state index in [1.165, 1.54) is 11.8 Å². The van der Waals surface area contributed by atoms with Gasteiger partial charge in [0.15, 0.2) is 0 Å². The van der Waals surface area contributed by atoms with Crippen molar-refractivity contribution in [2.45, 2.75) is 41.9 Å². The number of ether oxygens (including phenoxy) is 1. The van der Waals surface area contributed by atoms with Crippen LogP contribution in [0.5, 0.6) is 0 Å². The molecular weight excluding hydrogens is 374 g/mol. The first-order valence-corrected chi connectivity index (χ1v) is 10.2. The second-order valence-corrected chi connectivity index (χ2v) is 8.21. The Labute approximate surface area is 162 Å². The van der Waals surface area contributed by atoms with Crippen LogP contribution in [0.25, 0.3) is 0 Å². The van der Waals surface area contributed by atoms with Gasteiger partial charge in [0, 0.05) is 36.0 Å². The second-order valence-electron chi connectivity index (χ2n) is 6.53. The topological polar surface area (TPSA) is 84.7 Å². The van der Waals surface area contributed by atoms with E-state index in [0.29, 0.717) is 37.0 Å². The van der Waals surface area contributed by atoms with E-state index >= 15 is 0 Å². The molecule has 1 aromatic rings. The number of nitrogens with two attached hydrogens (primary N) is 1. The zero-order valence-electron chi connectivity index (χ0n) is 14.6. The number of hydrogen-bond donors (Lipinski definition) is 2. The number of fused-ring (bicyclic) bond motifs is 1. The molecule has 2 aliphatic rings. The molecule has 0 radical (unpaired) electrons. The molecule has 1 fully saturated rings. The number of halogens is 1. The molecule has 1 atom stereocenters. The quantitative estimate of drug-likeness (QED) is 0.720. The SMILES string of the molecule is NCCCOC1CCN(C(=O)CC2Sc3ccc(Cl)cc3NC2=O)CC1. The Morgan fingerprint density at radius 2 is 2.15 bits per heavy atom. The number of carbonyl (C=O) groups is 2. The molecule has 0 saturated carbocycles. The van der Waals surface area contributed by atoms with Crippen LogP contribution in [0, 0.1) is 0 Å². The van der Waals surface area contributed by atoms with Crippen LogP contribution in [0.4, 0.5) is 5.69 Å². The van der Waals surface area contributed by atoms with Gasteiger partial charge in [-0.05, 0) is 44.0 Å². The first-order chi connectivity index (χ1) is 12.6. The molecule has 8 heteroatoms. The molecule has 6 nitrogen and oxygen atoms in total. The van der Waals surface area contributed by atoms with E-state index in [2.05, 4.69) is 5.32 Å². The van der Waals surface area contributed by atoms with Gasteiger partial charge in [0.1, 0.15) is 0 Å². The number of piperidine rings is 1. The molecule has 3 N–H and O–H groups in total. The lowest BCUT2D eigenvalue weighted by Gasteiger charge is -2.33. The molecule has 0 spiro atoms. The van der Waals surface area contributed by atoms with Crippen LogP contribution in [0.15, 0.2) is 23.1 Å². The number of likely N-dealkylation sites (tertiary alicyclic amines) is 1. The van der Waals surface area contributed by atoms with E-state index in [1.54, 1.807) is 12.1 Å². The maximum absolute atomic E-state index is 12.6. The summed E-state index contributed by atoms with van der Waals surface area (Å²) in [5.74, 6) is -0.117. The molecule has 142 valence electrons. The maximum atomic E-state index is 12.6. The van der Waals surface area contributed by atoms with Crippen LogP contribution < -0.4 is 11.1 Å². The molecule has 0 aromatic heterocycles. The summed E-state index contributed by atoms with van der Waals surface area (Å²) in [6.45, 7) is 2.67. The first-order valence-electron chi connectivity index (χ1n) is 8.93. The van der Waals surface area contributed by atoms with Crippen molar-refractivity contribution in [3.63, 3.8) is 0 Å². The minimum Gasteiger partial charge on any atom is -0.378 e. The van der Waals surface area contributed by atoms with Crippen LogP contribution in [0.2, 0.25) is 5.02 Å². The molecule has 26 heavy (non-hydrogen) atoms. The van der Waals surface area contributed by atoms with Gasteiger partial charge >= 0.3 is 0 Å². The average molecular weight is 398 g/mol. The highest BCUT2D eigenvalue weighted by atomic mass is 35.5. The highest BCUT2D eigenvalue weighted by Gasteiger charge is 2.32. The van der Waals surface area contributed by atoms with E-state index < -0.39 is 5.25 Å². The fourth-order valence-corrected chi connectivity index (χ4v) is 4.40. The standard InChI is InChI=1S/C18H24ClN3O3S/c19-12-2-3-15-14(10-12)21-18(24)16(26-15)11-17(23)22-7-4-13(5-8-22)25-9-1-6-20/h2-3,10,13,16H,1,4-9,11,20H2,(H,21,24). The van der Waals surface area contributed by atoms with E-state index in [1.807, 2.05) is 11.0 Å². The summed E-state index contributed by atoms with van der Waals surface area (Å²) in [5.41, 5.74) is 6.18. The summed E-state index contributed by atoms with van der Waals surface area (Å²) in [5, 5.41) is 3.02. The molecule has 1 saturated heterocycles. The second kappa shape index (κ2) is 9.08. The summed E-state index contributed by atoms with van der Waals surface area (Å²) in [4.78, 5) is 27.7. The summed E-state index contributed by atoms with van der Waals surface area (Å²) < 4.78 is 5.77. The molecule has 1 unspecified atom stereocenters. The van der Waals surface area contributed by atoms with Gasteiger partial charge in [0.25, 0.3) is 0 Å².